The molecule has 1 heterocycles. The smallest absolute Gasteiger partial charge is 0.314 e. The fraction of sp³-hybridized carbons (Fsp3) is 0.833. The lowest BCUT2D eigenvalue weighted by molar-refractivity contribution is -0.154. The van der Waals surface area contributed by atoms with Crippen LogP contribution in [0.3, 0.4) is 0 Å². The zero-order chi connectivity index (χ0) is 14.1. The Kier molecular flexibility index (Phi) is 6.58. The van der Waals surface area contributed by atoms with Gasteiger partial charge in [0, 0.05) is 40.0 Å². The van der Waals surface area contributed by atoms with E-state index in [0.717, 1.165) is 6.42 Å². The highest BCUT2D eigenvalue weighted by Crippen LogP contribution is 2.29. The lowest BCUT2D eigenvalue weighted by Gasteiger charge is -2.33. The van der Waals surface area contributed by atoms with Gasteiger partial charge >= 0.3 is 12.0 Å². The van der Waals surface area contributed by atoms with E-state index in [1.54, 1.807) is 7.11 Å². The Labute approximate surface area is 112 Å². The first-order valence-corrected chi connectivity index (χ1v) is 6.42. The number of carboxylic acid groups (broad SMARTS) is 1. The zero-order valence-corrected chi connectivity index (χ0v) is 11.2. The molecule has 0 spiro atoms. The summed E-state index contributed by atoms with van der Waals surface area (Å²) in [4.78, 5) is 22.9. The molecule has 0 aromatic rings. The molecule has 0 radical (unpaired) electrons. The topological polar surface area (TPSA) is 96.9 Å². The van der Waals surface area contributed by atoms with Crippen LogP contribution in [0.1, 0.15) is 19.3 Å². The van der Waals surface area contributed by atoms with Crippen molar-refractivity contribution in [1.29, 1.82) is 0 Å². The number of urea groups is 1. The van der Waals surface area contributed by atoms with E-state index in [1.165, 1.54) is 0 Å². The first-order valence-electron chi connectivity index (χ1n) is 6.42. The fourth-order valence-electron chi connectivity index (χ4n) is 1.96. The minimum Gasteiger partial charge on any atom is -0.481 e. The van der Waals surface area contributed by atoms with Gasteiger partial charge in [0.2, 0.25) is 0 Å². The molecule has 19 heavy (non-hydrogen) atoms. The van der Waals surface area contributed by atoms with E-state index in [1.807, 2.05) is 0 Å². The molecule has 1 aliphatic heterocycles. The lowest BCUT2D eigenvalue weighted by atomic mass is 9.80. The third kappa shape index (κ3) is 5.04. The summed E-state index contributed by atoms with van der Waals surface area (Å²) in [5.41, 5.74) is -0.901. The van der Waals surface area contributed by atoms with Gasteiger partial charge < -0.3 is 25.2 Å². The Hall–Kier alpha value is -1.34. The number of ether oxygens (including phenoxy) is 2. The maximum atomic E-state index is 11.5. The normalized spacial score (nSPS) is 17.7. The molecule has 0 saturated carbocycles. The van der Waals surface area contributed by atoms with Gasteiger partial charge in [-0.3, -0.25) is 4.79 Å². The summed E-state index contributed by atoms with van der Waals surface area (Å²) >= 11 is 0. The van der Waals surface area contributed by atoms with Crippen molar-refractivity contribution in [3.63, 3.8) is 0 Å². The van der Waals surface area contributed by atoms with Crippen molar-refractivity contribution in [1.82, 2.24) is 10.6 Å². The second kappa shape index (κ2) is 7.96. The quantitative estimate of drug-likeness (QED) is 0.576. The first-order chi connectivity index (χ1) is 9.10. The van der Waals surface area contributed by atoms with Crippen LogP contribution in [0.25, 0.3) is 0 Å². The van der Waals surface area contributed by atoms with E-state index in [-0.39, 0.29) is 12.6 Å². The summed E-state index contributed by atoms with van der Waals surface area (Å²) < 4.78 is 10.0. The Bertz CT molecular complexity index is 302. The number of hydrogen-bond donors (Lipinski definition) is 3. The Morgan fingerprint density at radius 1 is 1.32 bits per heavy atom. The van der Waals surface area contributed by atoms with Crippen molar-refractivity contribution in [3.05, 3.63) is 0 Å². The zero-order valence-electron chi connectivity index (χ0n) is 11.2. The summed E-state index contributed by atoms with van der Waals surface area (Å²) in [6, 6.07) is -0.344. The van der Waals surface area contributed by atoms with Crippen LogP contribution < -0.4 is 10.6 Å². The molecule has 1 rings (SSSR count). The summed E-state index contributed by atoms with van der Waals surface area (Å²) in [5.74, 6) is -0.879. The van der Waals surface area contributed by atoms with Crippen molar-refractivity contribution in [2.45, 2.75) is 19.3 Å². The van der Waals surface area contributed by atoms with Gasteiger partial charge in [0.15, 0.2) is 0 Å². The summed E-state index contributed by atoms with van der Waals surface area (Å²) in [5, 5.41) is 14.6. The Morgan fingerprint density at radius 2 is 2.00 bits per heavy atom. The molecule has 1 fully saturated rings. The summed E-state index contributed by atoms with van der Waals surface area (Å²) in [6.45, 7) is 2.05. The Morgan fingerprint density at radius 3 is 2.58 bits per heavy atom. The Balaban J connectivity index is 2.31. The van der Waals surface area contributed by atoms with Crippen LogP contribution in [0.15, 0.2) is 0 Å². The van der Waals surface area contributed by atoms with Crippen LogP contribution in [-0.2, 0) is 14.3 Å². The average molecular weight is 274 g/mol. The number of carbonyl (C=O) groups excluding carboxylic acids is 1. The monoisotopic (exact) mass is 274 g/mol. The molecule has 0 aliphatic carbocycles. The maximum Gasteiger partial charge on any atom is 0.314 e. The van der Waals surface area contributed by atoms with E-state index >= 15 is 0 Å². The van der Waals surface area contributed by atoms with E-state index in [0.29, 0.717) is 39.2 Å². The molecule has 3 N–H and O–H groups in total. The molecule has 7 nitrogen and oxygen atoms in total. The molecule has 0 aromatic heterocycles. The minimum atomic E-state index is -0.901. The third-order valence-electron chi connectivity index (χ3n) is 3.30. The van der Waals surface area contributed by atoms with Crippen LogP contribution in [0.5, 0.6) is 0 Å². The SMILES string of the molecule is COCCCNC(=O)NCC1(C(=O)O)CCOCC1. The molecule has 1 aliphatic rings. The average Bonchev–Trinajstić information content (AvgIpc) is 2.42. The van der Waals surface area contributed by atoms with Crippen molar-refractivity contribution in [3.8, 4) is 0 Å². The number of carbonyl (C=O) groups is 2. The predicted molar refractivity (Wildman–Crippen MR) is 68.0 cm³/mol. The van der Waals surface area contributed by atoms with Gasteiger partial charge in [-0.25, -0.2) is 4.79 Å². The first kappa shape index (κ1) is 15.7. The van der Waals surface area contributed by atoms with Crippen LogP contribution in [0.4, 0.5) is 4.79 Å². The number of rotatable bonds is 7. The maximum absolute atomic E-state index is 11.5. The number of carboxylic acids is 1. The molecular formula is C12H22N2O5. The lowest BCUT2D eigenvalue weighted by Crippen LogP contribution is -2.49. The number of nitrogens with one attached hydrogen (secondary N) is 2. The van der Waals surface area contributed by atoms with Gasteiger partial charge in [-0.05, 0) is 19.3 Å². The van der Waals surface area contributed by atoms with Gasteiger partial charge in [0.05, 0.1) is 5.41 Å². The molecule has 1 saturated heterocycles. The van der Waals surface area contributed by atoms with E-state index in [2.05, 4.69) is 10.6 Å². The summed E-state index contributed by atoms with van der Waals surface area (Å²) in [7, 11) is 1.60. The predicted octanol–water partition coefficient (Wildman–Crippen LogP) is 0.204. The number of aliphatic carboxylic acids is 1. The largest absolute Gasteiger partial charge is 0.481 e. The van der Waals surface area contributed by atoms with Gasteiger partial charge in [0.1, 0.15) is 0 Å². The second-order valence-corrected chi connectivity index (χ2v) is 4.65. The minimum absolute atomic E-state index is 0.127. The van der Waals surface area contributed by atoms with E-state index in [9.17, 15) is 14.7 Å². The molecule has 0 aromatic carbocycles. The molecular weight excluding hydrogens is 252 g/mol. The van der Waals surface area contributed by atoms with E-state index in [4.69, 9.17) is 9.47 Å². The number of methoxy groups -OCH3 is 1. The molecule has 110 valence electrons. The van der Waals surface area contributed by atoms with Gasteiger partial charge in [-0.1, -0.05) is 0 Å². The fourth-order valence-corrected chi connectivity index (χ4v) is 1.96. The van der Waals surface area contributed by atoms with E-state index < -0.39 is 11.4 Å². The molecule has 0 atom stereocenters. The standard InChI is InChI=1S/C12H22N2O5/c1-18-6-2-5-13-11(17)14-9-12(10(15)16)3-7-19-8-4-12/h2-9H2,1H3,(H,15,16)(H2,13,14,17). The highest BCUT2D eigenvalue weighted by Gasteiger charge is 2.40. The highest BCUT2D eigenvalue weighted by atomic mass is 16.5. The number of hydrogen-bond acceptors (Lipinski definition) is 4. The molecule has 2 amide bonds. The van der Waals surface area contributed by atoms with Crippen molar-refractivity contribution >= 4 is 12.0 Å². The third-order valence-corrected chi connectivity index (χ3v) is 3.30. The van der Waals surface area contributed by atoms with Crippen molar-refractivity contribution in [2.24, 2.45) is 5.41 Å². The highest BCUT2D eigenvalue weighted by molar-refractivity contribution is 5.78. The van der Waals surface area contributed by atoms with Crippen molar-refractivity contribution < 1.29 is 24.2 Å². The second-order valence-electron chi connectivity index (χ2n) is 4.65. The van der Waals surface area contributed by atoms with Crippen molar-refractivity contribution in [2.75, 3.05) is 40.0 Å². The van der Waals surface area contributed by atoms with Crippen LogP contribution in [-0.4, -0.2) is 57.1 Å². The van der Waals surface area contributed by atoms with Gasteiger partial charge in [-0.15, -0.1) is 0 Å². The van der Waals surface area contributed by atoms with Gasteiger partial charge in [0.25, 0.3) is 0 Å². The molecule has 0 bridgehead atoms. The molecule has 7 heteroatoms. The van der Waals surface area contributed by atoms with Crippen LogP contribution >= 0.6 is 0 Å². The number of amides is 2. The van der Waals surface area contributed by atoms with Crippen LogP contribution in [0, 0.1) is 5.41 Å². The van der Waals surface area contributed by atoms with Gasteiger partial charge in [-0.2, -0.15) is 0 Å². The summed E-state index contributed by atoms with van der Waals surface area (Å²) in [6.07, 6.45) is 1.57. The molecule has 0 unspecified atom stereocenters. The van der Waals surface area contributed by atoms with Crippen LogP contribution in [0.2, 0.25) is 0 Å².